The van der Waals surface area contributed by atoms with E-state index in [2.05, 4.69) is 13.5 Å². The maximum absolute atomic E-state index is 10.9. The Kier molecular flexibility index (Phi) is 55.4. The number of hydrogen-bond donors (Lipinski definition) is 0. The van der Waals surface area contributed by atoms with Gasteiger partial charge in [-0.05, 0) is 44.9 Å². The van der Waals surface area contributed by atoms with Crippen LogP contribution in [0.15, 0.2) is 12.7 Å². The van der Waals surface area contributed by atoms with Gasteiger partial charge in [0.2, 0.25) is 0 Å². The molecule has 0 N–H and O–H groups in total. The molecule has 0 aromatic rings. The van der Waals surface area contributed by atoms with Crippen LogP contribution in [0, 0.1) is 0 Å². The zero-order chi connectivity index (χ0) is 43.9. The number of hydrogen-bond acceptors (Lipinski definition) is 16. The van der Waals surface area contributed by atoms with Crippen molar-refractivity contribution in [2.75, 3.05) is 192 Å². The topological polar surface area (TPSA) is 156 Å². The maximum Gasteiger partial charge on any atom is 0.330 e. The van der Waals surface area contributed by atoms with Crippen LogP contribution in [-0.2, 0) is 75.8 Å². The van der Waals surface area contributed by atoms with E-state index in [4.69, 9.17) is 71.1 Å². The van der Waals surface area contributed by atoms with Crippen molar-refractivity contribution in [1.82, 2.24) is 0 Å². The highest BCUT2D eigenvalue weighted by Gasteiger charge is 1.99. The zero-order valence-electron chi connectivity index (χ0n) is 38.3. The minimum Gasteiger partial charge on any atom is -0.460 e. The van der Waals surface area contributed by atoms with Crippen molar-refractivity contribution >= 4 is 5.97 Å². The van der Waals surface area contributed by atoms with Crippen molar-refractivity contribution in [2.24, 2.45) is 0 Å². The Morgan fingerprint density at radius 2 is 0.475 bits per heavy atom. The summed E-state index contributed by atoms with van der Waals surface area (Å²) in [6.07, 6.45) is 14.3. The lowest BCUT2D eigenvalue weighted by Gasteiger charge is -2.09. The van der Waals surface area contributed by atoms with E-state index in [0.717, 1.165) is 84.2 Å². The molecule has 16 nitrogen and oxygen atoms in total. The monoisotopic (exact) mass is 885 g/mol. The lowest BCUT2D eigenvalue weighted by molar-refractivity contribution is -0.139. The molecule has 16 heteroatoms. The fourth-order valence-corrected chi connectivity index (χ4v) is 5.08. The van der Waals surface area contributed by atoms with Crippen LogP contribution < -0.4 is 0 Å². The van der Waals surface area contributed by atoms with Gasteiger partial charge >= 0.3 is 5.97 Å². The van der Waals surface area contributed by atoms with E-state index in [0.29, 0.717) is 145 Å². The Labute approximate surface area is 369 Å². The number of ether oxygens (including phenoxy) is 15. The van der Waals surface area contributed by atoms with Crippen LogP contribution in [0.3, 0.4) is 0 Å². The first-order chi connectivity index (χ1) is 30.3. The summed E-state index contributed by atoms with van der Waals surface area (Å²) in [5.41, 5.74) is 0. The number of esters is 1. The lowest BCUT2D eigenvalue weighted by atomic mass is 10.1. The van der Waals surface area contributed by atoms with E-state index in [-0.39, 0.29) is 6.61 Å². The van der Waals surface area contributed by atoms with Gasteiger partial charge < -0.3 is 71.1 Å². The minimum atomic E-state index is -0.459. The number of rotatable bonds is 56. The molecule has 61 heavy (non-hydrogen) atoms. The minimum absolute atomic E-state index is 0.198. The highest BCUT2D eigenvalue weighted by atomic mass is 16.6. The average Bonchev–Trinajstić information content (AvgIpc) is 3.27. The van der Waals surface area contributed by atoms with Gasteiger partial charge in [0.05, 0.1) is 99.1 Å². The van der Waals surface area contributed by atoms with Gasteiger partial charge in [0, 0.05) is 92.0 Å². The van der Waals surface area contributed by atoms with Crippen LogP contribution >= 0.6 is 0 Å². The molecule has 0 atom stereocenters. The van der Waals surface area contributed by atoms with Gasteiger partial charge in [0.25, 0.3) is 0 Å². The summed E-state index contributed by atoms with van der Waals surface area (Å²) in [6, 6.07) is 0. The first kappa shape index (κ1) is 59.6. The van der Waals surface area contributed by atoms with Crippen molar-refractivity contribution in [2.45, 2.75) is 84.0 Å². The van der Waals surface area contributed by atoms with Gasteiger partial charge in [-0.2, -0.15) is 0 Å². The van der Waals surface area contributed by atoms with E-state index >= 15 is 0 Å². The van der Waals surface area contributed by atoms with Crippen molar-refractivity contribution < 1.29 is 75.8 Å². The first-order valence-electron chi connectivity index (χ1n) is 23.2. The Balaban J connectivity index is 3.07. The highest BCUT2D eigenvalue weighted by molar-refractivity contribution is 5.81. The Morgan fingerprint density at radius 3 is 0.738 bits per heavy atom. The van der Waals surface area contributed by atoms with E-state index in [1.54, 1.807) is 0 Å². The zero-order valence-corrected chi connectivity index (χ0v) is 38.3. The van der Waals surface area contributed by atoms with Crippen LogP contribution in [0.4, 0.5) is 0 Å². The third-order valence-corrected chi connectivity index (χ3v) is 8.35. The van der Waals surface area contributed by atoms with Gasteiger partial charge in [-0.25, -0.2) is 4.79 Å². The molecule has 0 fully saturated rings. The summed E-state index contributed by atoms with van der Waals surface area (Å²) in [4.78, 5) is 10.9. The highest BCUT2D eigenvalue weighted by Crippen LogP contribution is 2.05. The van der Waals surface area contributed by atoms with Crippen LogP contribution in [0.1, 0.15) is 84.0 Å². The van der Waals surface area contributed by atoms with E-state index in [1.165, 1.54) is 38.5 Å². The SMILES string of the molecule is C=CC(=O)OCCOCCOCCOCCOCCOCCOCCOCCOCCCOCCCOCCCOCCCOCCCOCCCOCCCCCCCC. The van der Waals surface area contributed by atoms with E-state index in [9.17, 15) is 4.79 Å². The maximum atomic E-state index is 10.9. The molecule has 0 radical (unpaired) electrons. The normalized spacial score (nSPS) is 11.5. The molecule has 0 saturated carbocycles. The summed E-state index contributed by atoms with van der Waals surface area (Å²) in [5.74, 6) is -0.459. The van der Waals surface area contributed by atoms with E-state index in [1.807, 2.05) is 0 Å². The lowest BCUT2D eigenvalue weighted by Crippen LogP contribution is -2.15. The van der Waals surface area contributed by atoms with Crippen LogP contribution in [0.25, 0.3) is 0 Å². The average molecular weight is 885 g/mol. The Hall–Kier alpha value is -1.35. The van der Waals surface area contributed by atoms with E-state index < -0.39 is 5.97 Å². The van der Waals surface area contributed by atoms with Gasteiger partial charge in [0.15, 0.2) is 0 Å². The van der Waals surface area contributed by atoms with Gasteiger partial charge in [0.1, 0.15) is 6.61 Å². The van der Waals surface area contributed by atoms with Crippen molar-refractivity contribution in [1.29, 1.82) is 0 Å². The number of carbonyl (C=O) groups is 1. The van der Waals surface area contributed by atoms with Crippen molar-refractivity contribution in [3.05, 3.63) is 12.7 Å². The predicted octanol–water partition coefficient (Wildman–Crippen LogP) is 5.65. The fraction of sp³-hybridized carbons (Fsp3) is 0.933. The molecular weight excluding hydrogens is 796 g/mol. The predicted molar refractivity (Wildman–Crippen MR) is 234 cm³/mol. The standard InChI is InChI=1S/C45H88O16/c1-3-5-6-7-8-9-16-47-17-10-18-48-19-11-20-49-21-12-22-50-23-13-24-51-25-14-26-52-27-15-28-53-29-30-54-31-32-55-33-34-56-35-36-57-37-38-58-39-40-59-41-42-60-43-44-61-45(46)4-2/h4H,2-3,5-44H2,1H3. The fourth-order valence-electron chi connectivity index (χ4n) is 5.08. The molecule has 0 unspecified atom stereocenters. The van der Waals surface area contributed by atoms with Crippen molar-refractivity contribution in [3.63, 3.8) is 0 Å². The quantitative estimate of drug-likeness (QED) is 0.0419. The summed E-state index contributed by atoms with van der Waals surface area (Å²) in [6.45, 7) is 22.4. The molecule has 0 rings (SSSR count). The molecule has 364 valence electrons. The molecule has 0 aromatic carbocycles. The molecule has 0 aromatic heterocycles. The number of carbonyl (C=O) groups excluding carboxylic acids is 1. The number of unbranched alkanes of at least 4 members (excludes halogenated alkanes) is 5. The third kappa shape index (κ3) is 56.6. The molecule has 0 aliphatic carbocycles. The summed E-state index contributed by atoms with van der Waals surface area (Å²) < 4.78 is 82.5. The second-order valence-corrected chi connectivity index (χ2v) is 13.8. The van der Waals surface area contributed by atoms with Gasteiger partial charge in [-0.15, -0.1) is 0 Å². The molecule has 0 spiro atoms. The largest absolute Gasteiger partial charge is 0.460 e. The van der Waals surface area contributed by atoms with Crippen LogP contribution in [0.2, 0.25) is 0 Å². The molecule has 0 aliphatic heterocycles. The second kappa shape index (κ2) is 56.7. The molecular formula is C45H88O16. The van der Waals surface area contributed by atoms with Crippen LogP contribution in [0.5, 0.6) is 0 Å². The molecule has 0 aliphatic rings. The van der Waals surface area contributed by atoms with Crippen LogP contribution in [-0.4, -0.2) is 198 Å². The Morgan fingerprint density at radius 1 is 0.279 bits per heavy atom. The molecule has 0 amide bonds. The van der Waals surface area contributed by atoms with Gasteiger partial charge in [-0.1, -0.05) is 45.6 Å². The molecule has 0 saturated heterocycles. The molecule has 0 heterocycles. The van der Waals surface area contributed by atoms with Crippen molar-refractivity contribution in [3.8, 4) is 0 Å². The molecule has 0 bridgehead atoms. The third-order valence-electron chi connectivity index (χ3n) is 8.35. The second-order valence-electron chi connectivity index (χ2n) is 13.8. The van der Waals surface area contributed by atoms with Gasteiger partial charge in [-0.3, -0.25) is 0 Å². The summed E-state index contributed by atoms with van der Waals surface area (Å²) in [5, 5.41) is 0. The first-order valence-corrected chi connectivity index (χ1v) is 23.2. The summed E-state index contributed by atoms with van der Waals surface area (Å²) >= 11 is 0. The Bertz CT molecular complexity index is 828. The smallest absolute Gasteiger partial charge is 0.330 e. The summed E-state index contributed by atoms with van der Waals surface area (Å²) in [7, 11) is 0.